The lowest BCUT2D eigenvalue weighted by molar-refractivity contribution is -0.574. The fraction of sp³-hybridized carbons (Fsp3) is 0.438. The quantitative estimate of drug-likeness (QED) is 0.444. The standard InChI is InChI=1S/C16H18BrNO4/c1-16(2,18(20)21)14(11-7-9-13(17)10-8-11)22-15(19)12-5-3-4-6-12/h5,7-10,14H,3-4,6H2,1-2H3/t14-/m1/s1. The largest absolute Gasteiger partial charge is 0.446 e. The summed E-state index contributed by atoms with van der Waals surface area (Å²) in [5, 5.41) is 11.4. The fourth-order valence-corrected chi connectivity index (χ4v) is 2.66. The molecule has 1 aliphatic carbocycles. The summed E-state index contributed by atoms with van der Waals surface area (Å²) in [6.45, 7) is 2.94. The Hall–Kier alpha value is -1.69. The zero-order chi connectivity index (χ0) is 16.3. The number of benzene rings is 1. The van der Waals surface area contributed by atoms with E-state index in [9.17, 15) is 14.9 Å². The van der Waals surface area contributed by atoms with Gasteiger partial charge in [-0.3, -0.25) is 10.1 Å². The van der Waals surface area contributed by atoms with Gasteiger partial charge in [0.1, 0.15) is 0 Å². The molecule has 0 heterocycles. The van der Waals surface area contributed by atoms with E-state index in [0.29, 0.717) is 17.6 Å². The Morgan fingerprint density at radius 1 is 1.36 bits per heavy atom. The summed E-state index contributed by atoms with van der Waals surface area (Å²) in [6.07, 6.45) is 3.35. The molecule has 0 saturated carbocycles. The summed E-state index contributed by atoms with van der Waals surface area (Å²) in [4.78, 5) is 23.2. The van der Waals surface area contributed by atoms with Crippen molar-refractivity contribution in [3.63, 3.8) is 0 Å². The molecule has 0 radical (unpaired) electrons. The van der Waals surface area contributed by atoms with E-state index in [1.807, 2.05) is 6.08 Å². The number of halogens is 1. The molecular weight excluding hydrogens is 350 g/mol. The zero-order valence-electron chi connectivity index (χ0n) is 12.5. The molecule has 118 valence electrons. The molecule has 0 aromatic heterocycles. The summed E-state index contributed by atoms with van der Waals surface area (Å²) in [7, 11) is 0. The average molecular weight is 368 g/mol. The third-order valence-corrected chi connectivity index (χ3v) is 4.34. The predicted octanol–water partition coefficient (Wildman–Crippen LogP) is 4.20. The molecule has 0 bridgehead atoms. The number of nitro groups is 1. The van der Waals surface area contributed by atoms with Crippen LogP contribution in [0, 0.1) is 10.1 Å². The topological polar surface area (TPSA) is 69.4 Å². The van der Waals surface area contributed by atoms with Crippen molar-refractivity contribution >= 4 is 21.9 Å². The second-order valence-corrected chi connectivity index (χ2v) is 6.78. The molecule has 0 N–H and O–H groups in total. The molecule has 1 aromatic rings. The fourth-order valence-electron chi connectivity index (χ4n) is 2.39. The number of carbonyl (C=O) groups excluding carboxylic acids is 1. The summed E-state index contributed by atoms with van der Waals surface area (Å²) in [6, 6.07) is 7.02. The van der Waals surface area contributed by atoms with Crippen LogP contribution in [0.15, 0.2) is 40.4 Å². The van der Waals surface area contributed by atoms with E-state index >= 15 is 0 Å². The number of hydrogen-bond donors (Lipinski definition) is 0. The first-order valence-corrected chi connectivity index (χ1v) is 7.91. The number of nitrogens with zero attached hydrogens (tertiary/aromatic N) is 1. The first-order valence-electron chi connectivity index (χ1n) is 7.12. The minimum atomic E-state index is -1.41. The van der Waals surface area contributed by atoms with E-state index in [-0.39, 0.29) is 0 Å². The third kappa shape index (κ3) is 3.55. The van der Waals surface area contributed by atoms with Crippen molar-refractivity contribution in [3.05, 3.63) is 56.1 Å². The molecule has 0 aliphatic heterocycles. The highest BCUT2D eigenvalue weighted by molar-refractivity contribution is 9.10. The molecule has 1 aromatic carbocycles. The van der Waals surface area contributed by atoms with Crippen molar-refractivity contribution in [2.75, 3.05) is 0 Å². The van der Waals surface area contributed by atoms with Gasteiger partial charge >= 0.3 is 5.97 Å². The molecule has 1 atom stereocenters. The molecule has 6 heteroatoms. The number of esters is 1. The first kappa shape index (κ1) is 16.7. The monoisotopic (exact) mass is 367 g/mol. The highest BCUT2D eigenvalue weighted by Crippen LogP contribution is 2.34. The second-order valence-electron chi connectivity index (χ2n) is 5.87. The van der Waals surface area contributed by atoms with E-state index in [1.54, 1.807) is 24.3 Å². The zero-order valence-corrected chi connectivity index (χ0v) is 14.1. The number of hydrogen-bond acceptors (Lipinski definition) is 4. The molecule has 0 spiro atoms. The lowest BCUT2D eigenvalue weighted by Crippen LogP contribution is -2.40. The van der Waals surface area contributed by atoms with Crippen LogP contribution < -0.4 is 0 Å². The van der Waals surface area contributed by atoms with Crippen LogP contribution in [0.25, 0.3) is 0 Å². The average Bonchev–Trinajstić information content (AvgIpc) is 2.99. The van der Waals surface area contributed by atoms with Crippen LogP contribution in [-0.2, 0) is 9.53 Å². The van der Waals surface area contributed by atoms with E-state index in [0.717, 1.165) is 17.3 Å². The van der Waals surface area contributed by atoms with Crippen LogP contribution in [0.5, 0.6) is 0 Å². The van der Waals surface area contributed by atoms with Gasteiger partial charge in [-0.1, -0.05) is 34.1 Å². The van der Waals surface area contributed by atoms with Gasteiger partial charge in [0.25, 0.3) is 5.54 Å². The molecule has 0 fully saturated rings. The van der Waals surface area contributed by atoms with Crippen LogP contribution in [0.4, 0.5) is 0 Å². The molecular formula is C16H18BrNO4. The Morgan fingerprint density at radius 3 is 2.50 bits per heavy atom. The van der Waals surface area contributed by atoms with Gasteiger partial charge in [0.2, 0.25) is 0 Å². The minimum Gasteiger partial charge on any atom is -0.446 e. The van der Waals surface area contributed by atoms with Crippen LogP contribution in [0.3, 0.4) is 0 Å². The predicted molar refractivity (Wildman–Crippen MR) is 86.0 cm³/mol. The summed E-state index contributed by atoms with van der Waals surface area (Å²) in [5.41, 5.74) is -0.194. The first-order chi connectivity index (χ1) is 10.3. The van der Waals surface area contributed by atoms with Crippen LogP contribution in [0.1, 0.15) is 44.8 Å². The maximum Gasteiger partial charge on any atom is 0.334 e. The van der Waals surface area contributed by atoms with Crippen LogP contribution >= 0.6 is 15.9 Å². The van der Waals surface area contributed by atoms with E-state index in [1.165, 1.54) is 13.8 Å². The summed E-state index contributed by atoms with van der Waals surface area (Å²) in [5.74, 6) is -0.458. The van der Waals surface area contributed by atoms with Crippen molar-refractivity contribution < 1.29 is 14.5 Å². The summed E-state index contributed by atoms with van der Waals surface area (Å²) < 4.78 is 6.38. The van der Waals surface area contributed by atoms with E-state index < -0.39 is 22.5 Å². The summed E-state index contributed by atoms with van der Waals surface area (Å²) >= 11 is 3.33. The Bertz CT molecular complexity index is 607. The van der Waals surface area contributed by atoms with Crippen molar-refractivity contribution in [1.82, 2.24) is 0 Å². The van der Waals surface area contributed by atoms with Gasteiger partial charge in [-0.2, -0.15) is 0 Å². The van der Waals surface area contributed by atoms with Gasteiger partial charge in [-0.05, 0) is 37.0 Å². The van der Waals surface area contributed by atoms with E-state index in [2.05, 4.69) is 15.9 Å². The van der Waals surface area contributed by atoms with E-state index in [4.69, 9.17) is 4.74 Å². The molecule has 0 saturated heterocycles. The highest BCUT2D eigenvalue weighted by Gasteiger charge is 2.45. The van der Waals surface area contributed by atoms with Crippen molar-refractivity contribution in [2.45, 2.75) is 44.8 Å². The number of allylic oxidation sites excluding steroid dienone is 1. The second kappa shape index (κ2) is 6.60. The van der Waals surface area contributed by atoms with Crippen molar-refractivity contribution in [2.24, 2.45) is 0 Å². The van der Waals surface area contributed by atoms with Gasteiger partial charge < -0.3 is 4.74 Å². The molecule has 1 aliphatic rings. The van der Waals surface area contributed by atoms with Gasteiger partial charge in [0.15, 0.2) is 6.10 Å². The molecule has 0 unspecified atom stereocenters. The lowest BCUT2D eigenvalue weighted by atomic mass is 9.91. The number of rotatable bonds is 5. The van der Waals surface area contributed by atoms with Gasteiger partial charge in [0, 0.05) is 28.8 Å². The Labute approximate surface area is 137 Å². The maximum absolute atomic E-state index is 12.2. The van der Waals surface area contributed by atoms with Crippen LogP contribution in [-0.4, -0.2) is 16.4 Å². The maximum atomic E-state index is 12.2. The smallest absolute Gasteiger partial charge is 0.334 e. The Kier molecular flexibility index (Phi) is 5.01. The van der Waals surface area contributed by atoms with Crippen LogP contribution in [0.2, 0.25) is 0 Å². The van der Waals surface area contributed by atoms with Gasteiger partial charge in [0.05, 0.1) is 0 Å². The Morgan fingerprint density at radius 2 is 2.00 bits per heavy atom. The van der Waals surface area contributed by atoms with Crippen molar-refractivity contribution in [3.8, 4) is 0 Å². The molecule has 22 heavy (non-hydrogen) atoms. The number of carbonyl (C=O) groups is 1. The van der Waals surface area contributed by atoms with Crippen molar-refractivity contribution in [1.29, 1.82) is 0 Å². The van der Waals surface area contributed by atoms with Gasteiger partial charge in [-0.25, -0.2) is 4.79 Å². The number of ether oxygens (including phenoxy) is 1. The van der Waals surface area contributed by atoms with Gasteiger partial charge in [-0.15, -0.1) is 0 Å². The third-order valence-electron chi connectivity index (χ3n) is 3.81. The lowest BCUT2D eigenvalue weighted by Gasteiger charge is -2.27. The normalized spacial score (nSPS) is 16.0. The highest BCUT2D eigenvalue weighted by atomic mass is 79.9. The minimum absolute atomic E-state index is 0.407. The SMILES string of the molecule is CC(C)([C@H](OC(=O)C1=CCCC1)c1ccc(Br)cc1)[N+](=O)[O-]. The molecule has 2 rings (SSSR count). The molecule has 0 amide bonds. The molecule has 5 nitrogen and oxygen atoms in total. The Balaban J connectivity index is 2.31.